The number of benzene rings is 2. The number of para-hydroxylation sites is 1. The molecule has 0 N–H and O–H groups in total. The van der Waals surface area contributed by atoms with E-state index in [1.54, 1.807) is 7.11 Å². The molecule has 0 fully saturated rings. The number of carbonyl (C=O) groups is 1. The monoisotopic (exact) mass is 297 g/mol. The Morgan fingerprint density at radius 1 is 1.18 bits per heavy atom. The Hall–Kier alpha value is -2.49. The number of hydrogen-bond acceptors (Lipinski definition) is 3. The molecule has 0 aliphatic carbocycles. The van der Waals surface area contributed by atoms with Crippen LogP contribution >= 0.6 is 0 Å². The van der Waals surface area contributed by atoms with Gasteiger partial charge in [-0.25, -0.2) is 0 Å². The second-order valence-corrected chi connectivity index (χ2v) is 5.30. The lowest BCUT2D eigenvalue weighted by Gasteiger charge is -2.20. The summed E-state index contributed by atoms with van der Waals surface area (Å²) < 4.78 is 10.8. The van der Waals surface area contributed by atoms with E-state index in [1.165, 1.54) is 0 Å². The minimum atomic E-state index is 0.116. The van der Waals surface area contributed by atoms with Crippen molar-refractivity contribution in [1.82, 2.24) is 4.90 Å². The molecule has 1 heterocycles. The van der Waals surface area contributed by atoms with Crippen molar-refractivity contribution in [1.29, 1.82) is 0 Å². The van der Waals surface area contributed by atoms with Gasteiger partial charge in [-0.15, -0.1) is 0 Å². The maximum absolute atomic E-state index is 12.5. The summed E-state index contributed by atoms with van der Waals surface area (Å²) in [4.78, 5) is 14.4. The van der Waals surface area contributed by atoms with Crippen molar-refractivity contribution in [2.24, 2.45) is 0 Å². The third-order valence-electron chi connectivity index (χ3n) is 3.82. The molecule has 2 aromatic rings. The third-order valence-corrected chi connectivity index (χ3v) is 3.82. The van der Waals surface area contributed by atoms with Crippen molar-refractivity contribution in [3.63, 3.8) is 0 Å². The minimum absolute atomic E-state index is 0.116. The topological polar surface area (TPSA) is 38.8 Å². The molecule has 0 spiro atoms. The highest BCUT2D eigenvalue weighted by atomic mass is 16.5. The van der Waals surface area contributed by atoms with E-state index in [2.05, 4.69) is 0 Å². The van der Waals surface area contributed by atoms with E-state index in [-0.39, 0.29) is 5.91 Å². The lowest BCUT2D eigenvalue weighted by atomic mass is 10.1. The lowest BCUT2D eigenvalue weighted by Crippen LogP contribution is -2.33. The molecule has 114 valence electrons. The van der Waals surface area contributed by atoms with Crippen LogP contribution in [0, 0.1) is 0 Å². The van der Waals surface area contributed by atoms with E-state index in [0.717, 1.165) is 22.6 Å². The summed E-state index contributed by atoms with van der Waals surface area (Å²) in [7, 11) is 1.63. The maximum atomic E-state index is 12.5. The fraction of sp³-hybridized carbons (Fsp3) is 0.278. The molecule has 0 saturated heterocycles. The number of methoxy groups -OCH3 is 1. The highest BCUT2D eigenvalue weighted by Crippen LogP contribution is 2.23. The molecular formula is C18H19NO3. The standard InChI is InChI=1S/C18H19NO3/c1-21-16-8-6-14(7-9-16)12-18(20)19-10-11-22-17-5-3-2-4-15(17)13-19/h2-9H,10-13H2,1H3. The van der Waals surface area contributed by atoms with Gasteiger partial charge < -0.3 is 14.4 Å². The molecule has 22 heavy (non-hydrogen) atoms. The van der Waals surface area contributed by atoms with Crippen LogP contribution in [0.4, 0.5) is 0 Å². The fourth-order valence-electron chi connectivity index (χ4n) is 2.57. The van der Waals surface area contributed by atoms with Crippen LogP contribution in [0.5, 0.6) is 11.5 Å². The SMILES string of the molecule is COc1ccc(CC(=O)N2CCOc3ccccc3C2)cc1. The second kappa shape index (κ2) is 6.52. The molecule has 4 heteroatoms. The normalized spacial score (nSPS) is 13.8. The van der Waals surface area contributed by atoms with Gasteiger partial charge >= 0.3 is 0 Å². The number of carbonyl (C=O) groups excluding carboxylic acids is 1. The van der Waals surface area contributed by atoms with Gasteiger partial charge in [0.1, 0.15) is 18.1 Å². The van der Waals surface area contributed by atoms with Crippen LogP contribution in [-0.4, -0.2) is 31.1 Å². The van der Waals surface area contributed by atoms with Crippen LogP contribution in [0.25, 0.3) is 0 Å². The molecule has 0 saturated carbocycles. The maximum Gasteiger partial charge on any atom is 0.227 e. The Labute approximate surface area is 130 Å². The Morgan fingerprint density at radius 3 is 2.73 bits per heavy atom. The molecule has 0 bridgehead atoms. The summed E-state index contributed by atoms with van der Waals surface area (Å²) in [5.74, 6) is 1.79. The molecule has 1 aliphatic rings. The zero-order valence-electron chi connectivity index (χ0n) is 12.6. The number of nitrogens with zero attached hydrogens (tertiary/aromatic N) is 1. The summed E-state index contributed by atoms with van der Waals surface area (Å²) in [6.45, 7) is 1.75. The zero-order chi connectivity index (χ0) is 15.4. The molecular weight excluding hydrogens is 278 g/mol. The minimum Gasteiger partial charge on any atom is -0.497 e. The van der Waals surface area contributed by atoms with E-state index < -0.39 is 0 Å². The first-order valence-corrected chi connectivity index (χ1v) is 7.37. The predicted octanol–water partition coefficient (Wildman–Crippen LogP) is 2.66. The Bertz CT molecular complexity index is 652. The Morgan fingerprint density at radius 2 is 1.95 bits per heavy atom. The van der Waals surface area contributed by atoms with Gasteiger partial charge in [0.05, 0.1) is 20.1 Å². The number of amides is 1. The van der Waals surface area contributed by atoms with Crippen LogP contribution in [0.1, 0.15) is 11.1 Å². The van der Waals surface area contributed by atoms with Crippen LogP contribution < -0.4 is 9.47 Å². The Kier molecular flexibility index (Phi) is 4.28. The quantitative estimate of drug-likeness (QED) is 0.874. The van der Waals surface area contributed by atoms with Crippen molar-refractivity contribution in [3.05, 3.63) is 59.7 Å². The number of ether oxygens (including phenoxy) is 2. The molecule has 0 aromatic heterocycles. The number of rotatable bonds is 3. The average Bonchev–Trinajstić information content (AvgIpc) is 2.78. The first-order valence-electron chi connectivity index (χ1n) is 7.37. The van der Waals surface area contributed by atoms with Gasteiger partial charge in [-0.05, 0) is 23.8 Å². The van der Waals surface area contributed by atoms with Gasteiger partial charge in [0, 0.05) is 12.1 Å². The summed E-state index contributed by atoms with van der Waals surface area (Å²) in [6, 6.07) is 15.5. The Balaban J connectivity index is 1.69. The van der Waals surface area contributed by atoms with Gasteiger partial charge in [0.2, 0.25) is 5.91 Å². The first kappa shape index (κ1) is 14.4. The van der Waals surface area contributed by atoms with E-state index in [4.69, 9.17) is 9.47 Å². The summed E-state index contributed by atoms with van der Waals surface area (Å²) in [6.07, 6.45) is 0.395. The zero-order valence-corrected chi connectivity index (χ0v) is 12.6. The fourth-order valence-corrected chi connectivity index (χ4v) is 2.57. The van der Waals surface area contributed by atoms with Gasteiger partial charge in [-0.1, -0.05) is 30.3 Å². The van der Waals surface area contributed by atoms with Gasteiger partial charge in [-0.2, -0.15) is 0 Å². The molecule has 3 rings (SSSR count). The smallest absolute Gasteiger partial charge is 0.227 e. The van der Waals surface area contributed by atoms with Crippen LogP contribution in [0.2, 0.25) is 0 Å². The number of fused-ring (bicyclic) bond motifs is 1. The molecule has 0 radical (unpaired) electrons. The second-order valence-electron chi connectivity index (χ2n) is 5.30. The van der Waals surface area contributed by atoms with Crippen molar-refractivity contribution >= 4 is 5.91 Å². The molecule has 2 aromatic carbocycles. The summed E-state index contributed by atoms with van der Waals surface area (Å²) in [5.41, 5.74) is 2.05. The van der Waals surface area contributed by atoms with Crippen molar-refractivity contribution in [3.8, 4) is 11.5 Å². The van der Waals surface area contributed by atoms with E-state index >= 15 is 0 Å². The highest BCUT2D eigenvalue weighted by Gasteiger charge is 2.19. The van der Waals surface area contributed by atoms with Gasteiger partial charge in [-0.3, -0.25) is 4.79 Å². The average molecular weight is 297 g/mol. The predicted molar refractivity (Wildman–Crippen MR) is 84.1 cm³/mol. The van der Waals surface area contributed by atoms with Crippen LogP contribution in [0.15, 0.2) is 48.5 Å². The molecule has 0 unspecified atom stereocenters. The van der Waals surface area contributed by atoms with Gasteiger partial charge in [0.25, 0.3) is 0 Å². The van der Waals surface area contributed by atoms with Crippen molar-refractivity contribution < 1.29 is 14.3 Å². The molecule has 1 amide bonds. The highest BCUT2D eigenvalue weighted by molar-refractivity contribution is 5.79. The molecule has 1 aliphatic heterocycles. The lowest BCUT2D eigenvalue weighted by molar-refractivity contribution is -0.131. The first-order chi connectivity index (χ1) is 10.8. The van der Waals surface area contributed by atoms with E-state index in [9.17, 15) is 4.79 Å². The molecule has 4 nitrogen and oxygen atoms in total. The summed E-state index contributed by atoms with van der Waals surface area (Å²) >= 11 is 0. The third kappa shape index (κ3) is 3.22. The van der Waals surface area contributed by atoms with E-state index in [0.29, 0.717) is 26.1 Å². The van der Waals surface area contributed by atoms with Crippen molar-refractivity contribution in [2.45, 2.75) is 13.0 Å². The van der Waals surface area contributed by atoms with Crippen LogP contribution in [0.3, 0.4) is 0 Å². The summed E-state index contributed by atoms with van der Waals surface area (Å²) in [5, 5.41) is 0. The van der Waals surface area contributed by atoms with Crippen LogP contribution in [-0.2, 0) is 17.8 Å². The van der Waals surface area contributed by atoms with Crippen molar-refractivity contribution in [2.75, 3.05) is 20.3 Å². The number of hydrogen-bond donors (Lipinski definition) is 0. The van der Waals surface area contributed by atoms with Gasteiger partial charge in [0.15, 0.2) is 0 Å². The molecule has 0 atom stereocenters. The van der Waals surface area contributed by atoms with E-state index in [1.807, 2.05) is 53.4 Å². The largest absolute Gasteiger partial charge is 0.497 e.